The predicted octanol–water partition coefficient (Wildman–Crippen LogP) is 2.30. The maximum atomic E-state index is 12.2. The van der Waals surface area contributed by atoms with Crippen LogP contribution in [-0.4, -0.2) is 34.7 Å². The molecular formula is C15H22N2O3. The summed E-state index contributed by atoms with van der Waals surface area (Å²) in [5, 5.41) is 3.98. The normalized spacial score (nSPS) is 27.2. The highest BCUT2D eigenvalue weighted by molar-refractivity contribution is 5.76. The largest absolute Gasteiger partial charge is 0.375 e. The fraction of sp³-hybridized carbons (Fsp3) is 0.733. The third-order valence-electron chi connectivity index (χ3n) is 4.49. The highest BCUT2D eigenvalue weighted by atomic mass is 16.5. The first-order chi connectivity index (χ1) is 9.71. The number of rotatable bonds is 3. The van der Waals surface area contributed by atoms with Gasteiger partial charge in [-0.05, 0) is 32.1 Å². The van der Waals surface area contributed by atoms with E-state index in [1.165, 1.54) is 0 Å². The first-order valence-electron chi connectivity index (χ1n) is 7.57. The second kappa shape index (κ2) is 5.56. The number of ether oxygens (including phenoxy) is 1. The van der Waals surface area contributed by atoms with Gasteiger partial charge in [0.25, 0.3) is 0 Å². The lowest BCUT2D eigenvalue weighted by atomic mass is 9.92. The van der Waals surface area contributed by atoms with Gasteiger partial charge in [-0.2, -0.15) is 0 Å². The lowest BCUT2D eigenvalue weighted by Crippen LogP contribution is -2.31. The van der Waals surface area contributed by atoms with E-state index in [1.54, 1.807) is 0 Å². The van der Waals surface area contributed by atoms with E-state index in [0.717, 1.165) is 56.7 Å². The number of carbonyl (C=O) groups is 1. The lowest BCUT2D eigenvalue weighted by molar-refractivity contribution is -0.131. The summed E-state index contributed by atoms with van der Waals surface area (Å²) in [6.07, 6.45) is 5.45. The molecular weight excluding hydrogens is 256 g/mol. The Morgan fingerprint density at radius 1 is 1.40 bits per heavy atom. The Bertz CT molecular complexity index is 477. The Balaban J connectivity index is 1.65. The summed E-state index contributed by atoms with van der Waals surface area (Å²) in [5.41, 5.74) is 0.901. The van der Waals surface area contributed by atoms with Gasteiger partial charge in [-0.15, -0.1) is 0 Å². The van der Waals surface area contributed by atoms with Gasteiger partial charge in [-0.1, -0.05) is 12.1 Å². The molecule has 3 heterocycles. The monoisotopic (exact) mass is 278 g/mol. The zero-order valence-electron chi connectivity index (χ0n) is 12.1. The SMILES string of the molecule is CCc1cc(CN2CC[C@@]3(CCCO3)CCC2=O)on1. The quantitative estimate of drug-likeness (QED) is 0.851. The standard InChI is InChI=1S/C15H22N2O3/c1-2-12-10-13(20-16-12)11-17-8-7-15(5-3-9-19-15)6-4-14(17)18/h10H,2-9,11H2,1H3/t15-/m1/s1. The molecule has 0 unspecified atom stereocenters. The zero-order valence-corrected chi connectivity index (χ0v) is 12.1. The molecule has 20 heavy (non-hydrogen) atoms. The van der Waals surface area contributed by atoms with Crippen molar-refractivity contribution in [2.24, 2.45) is 0 Å². The summed E-state index contributed by atoms with van der Waals surface area (Å²) in [5.74, 6) is 0.977. The molecule has 3 rings (SSSR count). The molecule has 1 aromatic rings. The van der Waals surface area contributed by atoms with Crippen LogP contribution in [0.2, 0.25) is 0 Å². The molecule has 0 radical (unpaired) electrons. The highest BCUT2D eigenvalue weighted by Crippen LogP contribution is 2.36. The molecule has 0 aromatic carbocycles. The molecule has 1 spiro atoms. The number of aryl methyl sites for hydroxylation is 1. The number of hydrogen-bond donors (Lipinski definition) is 0. The van der Waals surface area contributed by atoms with E-state index in [0.29, 0.717) is 13.0 Å². The lowest BCUT2D eigenvalue weighted by Gasteiger charge is -2.26. The third kappa shape index (κ3) is 2.73. The van der Waals surface area contributed by atoms with Crippen molar-refractivity contribution in [1.82, 2.24) is 10.1 Å². The van der Waals surface area contributed by atoms with Gasteiger partial charge in [-0.25, -0.2) is 0 Å². The van der Waals surface area contributed by atoms with Crippen molar-refractivity contribution < 1.29 is 14.1 Å². The topological polar surface area (TPSA) is 55.6 Å². The smallest absolute Gasteiger partial charge is 0.223 e. The minimum atomic E-state index is -0.0413. The number of likely N-dealkylation sites (tertiary alicyclic amines) is 1. The van der Waals surface area contributed by atoms with E-state index >= 15 is 0 Å². The van der Waals surface area contributed by atoms with Gasteiger partial charge in [-0.3, -0.25) is 4.79 Å². The average Bonchev–Trinajstić information content (AvgIpc) is 3.07. The van der Waals surface area contributed by atoms with Gasteiger partial charge in [0.05, 0.1) is 17.8 Å². The van der Waals surface area contributed by atoms with Crippen LogP contribution >= 0.6 is 0 Å². The maximum absolute atomic E-state index is 12.2. The van der Waals surface area contributed by atoms with Crippen LogP contribution in [0.3, 0.4) is 0 Å². The van der Waals surface area contributed by atoms with Crippen LogP contribution in [-0.2, 0) is 22.5 Å². The summed E-state index contributed by atoms with van der Waals surface area (Å²) in [4.78, 5) is 14.1. The molecule has 0 bridgehead atoms. The summed E-state index contributed by atoms with van der Waals surface area (Å²) in [7, 11) is 0. The highest BCUT2D eigenvalue weighted by Gasteiger charge is 2.38. The van der Waals surface area contributed by atoms with Crippen molar-refractivity contribution >= 4 is 5.91 Å². The van der Waals surface area contributed by atoms with Crippen molar-refractivity contribution in [2.45, 2.75) is 57.6 Å². The third-order valence-corrected chi connectivity index (χ3v) is 4.49. The van der Waals surface area contributed by atoms with Crippen molar-refractivity contribution in [1.29, 1.82) is 0 Å². The number of nitrogens with zero attached hydrogens (tertiary/aromatic N) is 2. The molecule has 110 valence electrons. The molecule has 1 atom stereocenters. The fourth-order valence-electron chi connectivity index (χ4n) is 3.18. The van der Waals surface area contributed by atoms with E-state index < -0.39 is 0 Å². The molecule has 0 aliphatic carbocycles. The molecule has 1 amide bonds. The Morgan fingerprint density at radius 3 is 3.00 bits per heavy atom. The Kier molecular flexibility index (Phi) is 3.78. The summed E-state index contributed by atoms with van der Waals surface area (Å²) < 4.78 is 11.2. The minimum absolute atomic E-state index is 0.0413. The molecule has 2 aliphatic rings. The minimum Gasteiger partial charge on any atom is -0.375 e. The molecule has 0 saturated carbocycles. The molecule has 0 N–H and O–H groups in total. The van der Waals surface area contributed by atoms with Crippen LogP contribution in [0, 0.1) is 0 Å². The van der Waals surface area contributed by atoms with Gasteiger partial charge in [0.15, 0.2) is 5.76 Å². The Labute approximate surface area is 119 Å². The maximum Gasteiger partial charge on any atom is 0.223 e. The second-order valence-corrected chi connectivity index (χ2v) is 5.84. The van der Waals surface area contributed by atoms with Gasteiger partial charge in [0.1, 0.15) is 0 Å². The average molecular weight is 278 g/mol. The van der Waals surface area contributed by atoms with E-state index in [2.05, 4.69) is 5.16 Å². The van der Waals surface area contributed by atoms with Crippen molar-refractivity contribution in [2.75, 3.05) is 13.2 Å². The van der Waals surface area contributed by atoms with Crippen LogP contribution in [0.4, 0.5) is 0 Å². The van der Waals surface area contributed by atoms with E-state index in [1.807, 2.05) is 17.9 Å². The molecule has 5 nitrogen and oxygen atoms in total. The molecule has 1 aromatic heterocycles. The number of hydrogen-bond acceptors (Lipinski definition) is 4. The van der Waals surface area contributed by atoms with Crippen LogP contribution in [0.5, 0.6) is 0 Å². The first-order valence-corrected chi connectivity index (χ1v) is 7.57. The Morgan fingerprint density at radius 2 is 2.30 bits per heavy atom. The van der Waals surface area contributed by atoms with E-state index in [-0.39, 0.29) is 11.5 Å². The van der Waals surface area contributed by atoms with E-state index in [4.69, 9.17) is 9.26 Å². The number of carbonyl (C=O) groups excluding carboxylic acids is 1. The van der Waals surface area contributed by atoms with Gasteiger partial charge in [0.2, 0.25) is 5.91 Å². The number of amides is 1. The van der Waals surface area contributed by atoms with Crippen molar-refractivity contribution in [3.05, 3.63) is 17.5 Å². The van der Waals surface area contributed by atoms with Crippen LogP contribution in [0.25, 0.3) is 0 Å². The first kappa shape index (κ1) is 13.6. The van der Waals surface area contributed by atoms with Crippen LogP contribution < -0.4 is 0 Å². The fourth-order valence-corrected chi connectivity index (χ4v) is 3.18. The predicted molar refractivity (Wildman–Crippen MR) is 73.1 cm³/mol. The van der Waals surface area contributed by atoms with Crippen LogP contribution in [0.1, 0.15) is 50.5 Å². The van der Waals surface area contributed by atoms with Gasteiger partial charge in [0, 0.05) is 25.6 Å². The number of aromatic nitrogens is 1. The summed E-state index contributed by atoms with van der Waals surface area (Å²) in [6, 6.07) is 1.94. The Hall–Kier alpha value is -1.36. The molecule has 5 heteroatoms. The summed E-state index contributed by atoms with van der Waals surface area (Å²) >= 11 is 0. The van der Waals surface area contributed by atoms with E-state index in [9.17, 15) is 4.79 Å². The van der Waals surface area contributed by atoms with Crippen LogP contribution in [0.15, 0.2) is 10.6 Å². The van der Waals surface area contributed by atoms with Crippen molar-refractivity contribution in [3.8, 4) is 0 Å². The van der Waals surface area contributed by atoms with Gasteiger partial charge >= 0.3 is 0 Å². The molecule has 2 aliphatic heterocycles. The van der Waals surface area contributed by atoms with Gasteiger partial charge < -0.3 is 14.2 Å². The zero-order chi connectivity index (χ0) is 14.0. The molecule has 2 fully saturated rings. The second-order valence-electron chi connectivity index (χ2n) is 5.84. The summed E-state index contributed by atoms with van der Waals surface area (Å²) in [6.45, 7) is 4.17. The van der Waals surface area contributed by atoms with Crippen molar-refractivity contribution in [3.63, 3.8) is 0 Å². The molecule has 2 saturated heterocycles.